The summed E-state index contributed by atoms with van der Waals surface area (Å²) in [6.07, 6.45) is -3.95. The predicted octanol–water partition coefficient (Wildman–Crippen LogP) is 6.83. The van der Waals surface area contributed by atoms with Crippen LogP contribution in [0, 0.1) is 0 Å². The molecule has 0 saturated carbocycles. The summed E-state index contributed by atoms with van der Waals surface area (Å²) in [5, 5.41) is 10.2. The molecule has 0 atom stereocenters. The summed E-state index contributed by atoms with van der Waals surface area (Å²) in [4.78, 5) is 4.79. The number of aliphatic hydroxyl groups is 1. The Morgan fingerprint density at radius 3 is 2.00 bits per heavy atom. The molecule has 0 bridgehead atoms. The lowest BCUT2D eigenvalue weighted by Crippen LogP contribution is -2.26. The highest BCUT2D eigenvalue weighted by Gasteiger charge is 2.31. The fraction of sp³-hybridized carbons (Fsp3) is 0.240. The number of aryl methyl sites for hydroxylation is 1. The van der Waals surface area contributed by atoms with Crippen molar-refractivity contribution in [3.05, 3.63) is 87.5 Å². The average Bonchev–Trinajstić information content (AvgIpc) is 3.07. The van der Waals surface area contributed by atoms with E-state index in [2.05, 4.69) is 4.74 Å². The maximum atomic E-state index is 12.5. The van der Waals surface area contributed by atoms with Crippen LogP contribution in [0.15, 0.2) is 65.7 Å². The Bertz CT molecular complexity index is 1390. The average molecular weight is 524 g/mol. The Balaban J connectivity index is 1.89. The maximum Gasteiger partial charge on any atom is 0.573 e. The first-order valence-electron chi connectivity index (χ1n) is 10.9. The topological polar surface area (TPSA) is 51.7 Å². The number of aliphatic hydroxyl groups excluding tert-OH is 1. The van der Waals surface area contributed by atoms with E-state index in [1.807, 2.05) is 40.3 Å². The first-order chi connectivity index (χ1) is 16.7. The number of fused-ring (bicyclic) bond motifs is 1. The molecule has 3 aromatic carbocycles. The number of imidazole rings is 1. The van der Waals surface area contributed by atoms with Gasteiger partial charge in [-0.05, 0) is 53.9 Å². The summed E-state index contributed by atoms with van der Waals surface area (Å²) in [5.41, 5.74) is 4.48. The van der Waals surface area contributed by atoms with Crippen LogP contribution in [0.2, 0.25) is 10.0 Å². The smallest absolute Gasteiger partial charge is 0.406 e. The molecule has 0 saturated heterocycles. The summed E-state index contributed by atoms with van der Waals surface area (Å²) in [5.74, 6) is -0.319. The summed E-state index contributed by atoms with van der Waals surface area (Å²) >= 11 is 12.7. The van der Waals surface area contributed by atoms with Gasteiger partial charge in [-0.15, -0.1) is 13.2 Å². The van der Waals surface area contributed by atoms with Crippen molar-refractivity contribution in [2.75, 3.05) is 0 Å². The van der Waals surface area contributed by atoms with Crippen LogP contribution < -0.4 is 10.4 Å². The van der Waals surface area contributed by atoms with E-state index in [9.17, 15) is 18.3 Å². The lowest BCUT2D eigenvalue weighted by molar-refractivity contribution is -0.274. The molecule has 1 heterocycles. The number of aromatic nitrogens is 2. The third kappa shape index (κ3) is 5.83. The van der Waals surface area contributed by atoms with E-state index in [1.165, 1.54) is 24.3 Å². The second-order valence-electron chi connectivity index (χ2n) is 7.92. The number of halogens is 5. The maximum absolute atomic E-state index is 12.5. The first kappa shape index (κ1) is 25.2. The molecule has 4 aromatic rings. The summed E-state index contributed by atoms with van der Waals surface area (Å²) in [7, 11) is 0. The van der Waals surface area contributed by atoms with E-state index in [0.29, 0.717) is 34.4 Å². The second-order valence-corrected chi connectivity index (χ2v) is 8.74. The second kappa shape index (κ2) is 10.4. The zero-order valence-electron chi connectivity index (χ0n) is 18.7. The van der Waals surface area contributed by atoms with Crippen molar-refractivity contribution in [2.45, 2.75) is 39.4 Å². The molecule has 4 rings (SSSR count). The molecule has 35 heavy (non-hydrogen) atoms. The van der Waals surface area contributed by atoms with Crippen molar-refractivity contribution in [3.8, 4) is 5.75 Å². The molecule has 0 spiro atoms. The third-order valence-electron chi connectivity index (χ3n) is 5.37. The summed E-state index contributed by atoms with van der Waals surface area (Å²) in [6, 6.07) is 16.5. The van der Waals surface area contributed by atoms with Crippen molar-refractivity contribution in [3.63, 3.8) is 0 Å². The molecule has 0 amide bonds. The zero-order valence-corrected chi connectivity index (χ0v) is 20.2. The Kier molecular flexibility index (Phi) is 7.44. The number of alkyl halides is 3. The van der Waals surface area contributed by atoms with Crippen LogP contribution in [0.1, 0.15) is 24.5 Å². The van der Waals surface area contributed by atoms with Crippen LogP contribution in [0.3, 0.4) is 0 Å². The minimum atomic E-state index is -4.76. The molecule has 184 valence electrons. The van der Waals surface area contributed by atoms with Gasteiger partial charge >= 0.3 is 6.36 Å². The van der Waals surface area contributed by atoms with Crippen LogP contribution >= 0.6 is 23.2 Å². The summed E-state index contributed by atoms with van der Waals surface area (Å²) in [6.45, 7) is 3.07. The van der Waals surface area contributed by atoms with E-state index < -0.39 is 6.36 Å². The van der Waals surface area contributed by atoms with Crippen LogP contribution in [-0.2, 0) is 19.7 Å². The van der Waals surface area contributed by atoms with Gasteiger partial charge in [-0.3, -0.25) is 0 Å². The standard InChI is InChI=1S/C25H22Cl2F3N3O2/c1-2-11-32-22-12-20(26)21(27)13-23(22)33(14-16-3-5-17(15-34)6-4-16)24(32)31-18-7-9-19(10-8-18)35-25(28,29)30/h3-10,12-13,34H,2,11,14-15H2,1H3. The van der Waals surface area contributed by atoms with Crippen molar-refractivity contribution in [1.82, 2.24) is 9.13 Å². The van der Waals surface area contributed by atoms with Gasteiger partial charge in [0.15, 0.2) is 0 Å². The minimum Gasteiger partial charge on any atom is -0.406 e. The van der Waals surface area contributed by atoms with Gasteiger partial charge in [-0.1, -0.05) is 54.4 Å². The fourth-order valence-corrected chi connectivity index (χ4v) is 4.13. The molecule has 0 aliphatic rings. The van der Waals surface area contributed by atoms with Gasteiger partial charge in [0, 0.05) is 6.54 Å². The summed E-state index contributed by atoms with van der Waals surface area (Å²) < 4.78 is 45.6. The molecule has 10 heteroatoms. The van der Waals surface area contributed by atoms with Crippen molar-refractivity contribution >= 4 is 39.9 Å². The lowest BCUT2D eigenvalue weighted by atomic mass is 10.1. The molecule has 0 aliphatic carbocycles. The molecule has 1 N–H and O–H groups in total. The van der Waals surface area contributed by atoms with Gasteiger partial charge in [-0.2, -0.15) is 0 Å². The molecule has 0 aliphatic heterocycles. The van der Waals surface area contributed by atoms with Gasteiger partial charge < -0.3 is 19.0 Å². The SMILES string of the molecule is CCCn1c(=Nc2ccc(OC(F)(F)F)cc2)n(Cc2ccc(CO)cc2)c2cc(Cl)c(Cl)cc21. The van der Waals surface area contributed by atoms with E-state index in [0.717, 1.165) is 28.6 Å². The highest BCUT2D eigenvalue weighted by Crippen LogP contribution is 2.29. The highest BCUT2D eigenvalue weighted by atomic mass is 35.5. The van der Waals surface area contributed by atoms with Crippen molar-refractivity contribution in [1.29, 1.82) is 0 Å². The Morgan fingerprint density at radius 1 is 0.886 bits per heavy atom. The monoisotopic (exact) mass is 523 g/mol. The van der Waals surface area contributed by atoms with Crippen LogP contribution in [0.4, 0.5) is 18.9 Å². The van der Waals surface area contributed by atoms with Crippen molar-refractivity contribution in [2.24, 2.45) is 4.99 Å². The number of ether oxygens (including phenoxy) is 1. The number of rotatable bonds is 7. The van der Waals surface area contributed by atoms with Crippen LogP contribution in [0.25, 0.3) is 11.0 Å². The zero-order chi connectivity index (χ0) is 25.2. The van der Waals surface area contributed by atoms with E-state index in [-0.39, 0.29) is 12.4 Å². The van der Waals surface area contributed by atoms with E-state index in [4.69, 9.17) is 28.2 Å². The minimum absolute atomic E-state index is 0.0496. The Morgan fingerprint density at radius 2 is 1.46 bits per heavy atom. The lowest BCUT2D eigenvalue weighted by Gasteiger charge is -2.09. The van der Waals surface area contributed by atoms with Crippen LogP contribution in [0.5, 0.6) is 5.75 Å². The quantitative estimate of drug-likeness (QED) is 0.288. The molecule has 0 fully saturated rings. The van der Waals surface area contributed by atoms with E-state index in [1.54, 1.807) is 12.1 Å². The van der Waals surface area contributed by atoms with Crippen molar-refractivity contribution < 1.29 is 23.0 Å². The van der Waals surface area contributed by atoms with Gasteiger partial charge in [0.25, 0.3) is 0 Å². The highest BCUT2D eigenvalue weighted by molar-refractivity contribution is 6.42. The third-order valence-corrected chi connectivity index (χ3v) is 6.10. The number of hydrogen-bond acceptors (Lipinski definition) is 3. The fourth-order valence-electron chi connectivity index (χ4n) is 3.81. The molecule has 5 nitrogen and oxygen atoms in total. The van der Waals surface area contributed by atoms with Gasteiger partial charge in [0.1, 0.15) is 5.75 Å². The number of benzene rings is 3. The molecular weight excluding hydrogens is 502 g/mol. The molecule has 0 unspecified atom stereocenters. The number of hydrogen-bond donors (Lipinski definition) is 1. The predicted molar refractivity (Wildman–Crippen MR) is 130 cm³/mol. The van der Waals surface area contributed by atoms with Crippen LogP contribution in [-0.4, -0.2) is 20.6 Å². The largest absolute Gasteiger partial charge is 0.573 e. The first-order valence-corrected chi connectivity index (χ1v) is 11.6. The Labute approximate surface area is 209 Å². The number of nitrogens with zero attached hydrogens (tertiary/aromatic N) is 3. The van der Waals surface area contributed by atoms with E-state index >= 15 is 0 Å². The van der Waals surface area contributed by atoms with Gasteiger partial charge in [0.05, 0.1) is 39.9 Å². The molecular formula is C25H22Cl2F3N3O2. The van der Waals surface area contributed by atoms with Gasteiger partial charge in [-0.25, -0.2) is 4.99 Å². The molecule has 1 aromatic heterocycles. The molecule has 0 radical (unpaired) electrons. The van der Waals surface area contributed by atoms with Gasteiger partial charge in [0.2, 0.25) is 5.62 Å². The normalized spacial score (nSPS) is 12.5. The Hall–Kier alpha value is -2.94.